The van der Waals surface area contributed by atoms with Gasteiger partial charge in [0.05, 0.1) is 0 Å². The predicted octanol–water partition coefficient (Wildman–Crippen LogP) is 9.15. The summed E-state index contributed by atoms with van der Waals surface area (Å²) in [5.74, 6) is -1.10. The topological polar surface area (TPSA) is 80.3 Å². The first kappa shape index (κ1) is 34.8. The molecule has 248 valence electrons. The Morgan fingerprint density at radius 3 is 0.863 bits per heavy atom. The summed E-state index contributed by atoms with van der Waals surface area (Å²) in [4.78, 5) is 24.9. The molecule has 8 aromatic carbocycles. The van der Waals surface area contributed by atoms with Crippen LogP contribution < -0.4 is 10.2 Å². The average Bonchev–Trinajstić information content (AvgIpc) is 3.17. The van der Waals surface area contributed by atoms with Gasteiger partial charge >= 0.3 is 21.1 Å². The van der Waals surface area contributed by atoms with Crippen LogP contribution in [-0.2, 0) is 21.1 Å². The van der Waals surface area contributed by atoms with Gasteiger partial charge in [-0.25, -0.2) is 0 Å². The molecule has 0 radical (unpaired) electrons. The minimum Gasteiger partial charge on any atom is -0.872 e. The van der Waals surface area contributed by atoms with E-state index in [0.717, 1.165) is 43.1 Å². The largest absolute Gasteiger partial charge is 2.00 e. The maximum Gasteiger partial charge on any atom is 2.00 e. The van der Waals surface area contributed by atoms with Crippen LogP contribution in [-0.4, -0.2) is 11.6 Å². The van der Waals surface area contributed by atoms with Gasteiger partial charge in [0.2, 0.25) is 0 Å². The Morgan fingerprint density at radius 2 is 0.569 bits per heavy atom. The van der Waals surface area contributed by atoms with Crippen LogP contribution >= 0.6 is 0 Å². The quantitative estimate of drug-likeness (QED) is 0.0951. The van der Waals surface area contributed by atoms with Gasteiger partial charge in [0, 0.05) is 11.1 Å². The standard InChI is InChI=1S/2C23H16O2.Pt/c2*24-22(20-11-9-16-5-1-3-7-18(16)13-20)15-23(25)21-12-10-17-6-2-4-8-19(17)14-21;/h2*1-15,24H;/q;;+2/p-2/b2*22-15-;. The molecule has 0 amide bonds. The molecule has 0 heterocycles. The summed E-state index contributed by atoms with van der Waals surface area (Å²) >= 11 is 0. The van der Waals surface area contributed by atoms with Gasteiger partial charge in [-0.2, -0.15) is 0 Å². The minimum absolute atomic E-state index is 0. The third-order valence-electron chi connectivity index (χ3n) is 8.66. The third kappa shape index (κ3) is 8.04. The van der Waals surface area contributed by atoms with Gasteiger partial charge in [-0.3, -0.25) is 9.59 Å². The number of carbonyl (C=O) groups is 2. The van der Waals surface area contributed by atoms with Crippen LogP contribution in [0.25, 0.3) is 54.6 Å². The SMILES string of the molecule is O=C(/C=C(\[O-])c1ccc2ccccc2c1)c1ccc2ccccc2c1.O=C(/C=C(\[O-])c1ccc2ccccc2c1)c1ccc2ccccc2c1.[Pt+2]. The Bertz CT molecular complexity index is 2440. The van der Waals surface area contributed by atoms with E-state index in [1.807, 2.05) is 146 Å². The van der Waals surface area contributed by atoms with Crippen LogP contribution in [0.5, 0.6) is 0 Å². The predicted molar refractivity (Wildman–Crippen MR) is 200 cm³/mol. The molecular weight excluding hydrogens is 812 g/mol. The number of benzene rings is 8. The molecule has 0 bridgehead atoms. The van der Waals surface area contributed by atoms with Crippen LogP contribution in [0, 0.1) is 0 Å². The molecule has 0 spiro atoms. The van der Waals surface area contributed by atoms with Gasteiger partial charge < -0.3 is 10.2 Å². The number of hydrogen-bond acceptors (Lipinski definition) is 4. The molecule has 8 aromatic rings. The van der Waals surface area contributed by atoms with Crippen molar-refractivity contribution >= 4 is 66.2 Å². The van der Waals surface area contributed by atoms with E-state index in [0.29, 0.717) is 22.3 Å². The molecule has 8 rings (SSSR count). The number of ketones is 2. The molecule has 51 heavy (non-hydrogen) atoms. The van der Waals surface area contributed by atoms with Crippen LogP contribution in [0.1, 0.15) is 31.8 Å². The van der Waals surface area contributed by atoms with E-state index < -0.39 is 0 Å². The molecule has 0 aromatic heterocycles. The fourth-order valence-corrected chi connectivity index (χ4v) is 5.94. The van der Waals surface area contributed by atoms with Crippen molar-refractivity contribution < 1.29 is 40.9 Å². The second-order valence-electron chi connectivity index (χ2n) is 12.0. The fourth-order valence-electron chi connectivity index (χ4n) is 5.94. The van der Waals surface area contributed by atoms with E-state index in [-0.39, 0.29) is 44.2 Å². The Hall–Kier alpha value is -6.09. The summed E-state index contributed by atoms with van der Waals surface area (Å²) in [6.45, 7) is 0. The number of allylic oxidation sites excluding steroid dienone is 2. The van der Waals surface area contributed by atoms with Gasteiger partial charge in [0.15, 0.2) is 11.6 Å². The molecule has 4 nitrogen and oxygen atoms in total. The van der Waals surface area contributed by atoms with Crippen molar-refractivity contribution in [1.82, 2.24) is 0 Å². The van der Waals surface area contributed by atoms with Crippen molar-refractivity contribution in [1.29, 1.82) is 0 Å². The van der Waals surface area contributed by atoms with Crippen molar-refractivity contribution in [2.24, 2.45) is 0 Å². The second-order valence-corrected chi connectivity index (χ2v) is 12.0. The Balaban J connectivity index is 0.000000172. The number of carbonyl (C=O) groups excluding carboxylic acids is 2. The zero-order valence-electron chi connectivity index (χ0n) is 27.3. The molecular formula is C46H30O4Pt. The molecule has 0 N–H and O–H groups in total. The van der Waals surface area contributed by atoms with Crippen molar-refractivity contribution in [2.45, 2.75) is 0 Å². The zero-order chi connectivity index (χ0) is 34.5. The monoisotopic (exact) mass is 841 g/mol. The minimum atomic E-state index is -0.274. The fraction of sp³-hybridized carbons (Fsp3) is 0. The van der Waals surface area contributed by atoms with E-state index in [1.165, 1.54) is 12.2 Å². The Kier molecular flexibility index (Phi) is 10.7. The summed E-state index contributed by atoms with van der Waals surface area (Å²) in [5, 5.41) is 33.1. The Labute approximate surface area is 309 Å². The summed E-state index contributed by atoms with van der Waals surface area (Å²) < 4.78 is 0. The first-order valence-corrected chi connectivity index (χ1v) is 16.2. The van der Waals surface area contributed by atoms with Crippen LogP contribution in [0.15, 0.2) is 182 Å². The summed E-state index contributed by atoms with van der Waals surface area (Å²) in [7, 11) is 0. The number of rotatable bonds is 6. The van der Waals surface area contributed by atoms with Crippen molar-refractivity contribution in [3.8, 4) is 0 Å². The maximum atomic E-state index is 12.5. The molecule has 0 fully saturated rings. The van der Waals surface area contributed by atoms with Crippen LogP contribution in [0.2, 0.25) is 0 Å². The van der Waals surface area contributed by atoms with Gasteiger partial charge in [-0.1, -0.05) is 157 Å². The average molecular weight is 842 g/mol. The van der Waals surface area contributed by atoms with Gasteiger partial charge in [-0.15, -0.1) is 0 Å². The van der Waals surface area contributed by atoms with Crippen molar-refractivity contribution in [3.63, 3.8) is 0 Å². The smallest absolute Gasteiger partial charge is 0.872 e. The van der Waals surface area contributed by atoms with E-state index in [4.69, 9.17) is 0 Å². The van der Waals surface area contributed by atoms with Crippen LogP contribution in [0.4, 0.5) is 0 Å². The van der Waals surface area contributed by atoms with E-state index in [1.54, 1.807) is 24.3 Å². The molecule has 0 aliphatic carbocycles. The van der Waals surface area contributed by atoms with Crippen LogP contribution in [0.3, 0.4) is 0 Å². The first-order valence-electron chi connectivity index (χ1n) is 16.2. The molecule has 0 aliphatic heterocycles. The van der Waals surface area contributed by atoms with E-state index in [2.05, 4.69) is 0 Å². The summed E-state index contributed by atoms with van der Waals surface area (Å²) in [6, 6.07) is 53.3. The molecule has 0 saturated heterocycles. The molecule has 5 heteroatoms. The zero-order valence-corrected chi connectivity index (χ0v) is 29.5. The van der Waals surface area contributed by atoms with Gasteiger partial charge in [0.1, 0.15) is 0 Å². The third-order valence-corrected chi connectivity index (χ3v) is 8.66. The van der Waals surface area contributed by atoms with E-state index in [9.17, 15) is 19.8 Å². The van der Waals surface area contributed by atoms with Crippen molar-refractivity contribution in [2.75, 3.05) is 0 Å². The summed E-state index contributed by atoms with van der Waals surface area (Å²) in [6.07, 6.45) is 2.35. The van der Waals surface area contributed by atoms with Gasteiger partial charge in [0.25, 0.3) is 0 Å². The molecule has 0 aliphatic rings. The van der Waals surface area contributed by atoms with Gasteiger partial charge in [-0.05, 0) is 90.6 Å². The first-order chi connectivity index (χ1) is 24.4. The maximum absolute atomic E-state index is 12.5. The van der Waals surface area contributed by atoms with Crippen molar-refractivity contribution in [3.05, 3.63) is 204 Å². The number of fused-ring (bicyclic) bond motifs is 4. The second kappa shape index (κ2) is 15.6. The van der Waals surface area contributed by atoms with E-state index >= 15 is 0 Å². The molecule has 0 atom stereocenters. The molecule has 0 unspecified atom stereocenters. The number of hydrogen-bond donors (Lipinski definition) is 0. The molecule has 0 saturated carbocycles. The summed E-state index contributed by atoms with van der Waals surface area (Å²) in [5.41, 5.74) is 2.08. The Morgan fingerprint density at radius 1 is 0.333 bits per heavy atom. The normalized spacial score (nSPS) is 11.5.